The smallest absolute Gasteiger partial charge is 0.390 e. The molecule has 0 fully saturated rings. The van der Waals surface area contributed by atoms with Crippen molar-refractivity contribution in [3.8, 4) is 0 Å². The molecule has 5 heteroatoms. The summed E-state index contributed by atoms with van der Waals surface area (Å²) in [5, 5.41) is 9.14. The number of alkyl halides is 3. The van der Waals surface area contributed by atoms with Crippen molar-refractivity contribution in [3.05, 3.63) is 35.9 Å². The maximum Gasteiger partial charge on any atom is 0.390 e. The third kappa shape index (κ3) is 2.99. The minimum Gasteiger partial charge on any atom is -0.481 e. The average Bonchev–Trinajstić information content (AvgIpc) is 2.25. The Kier molecular flexibility index (Phi) is 3.80. The Morgan fingerprint density at radius 1 is 1.24 bits per heavy atom. The van der Waals surface area contributed by atoms with Gasteiger partial charge in [0.1, 0.15) is 5.41 Å². The predicted octanol–water partition coefficient (Wildman–Crippen LogP) is 3.37. The van der Waals surface area contributed by atoms with E-state index in [0.717, 1.165) is 0 Å². The Balaban J connectivity index is 3.24. The van der Waals surface area contributed by atoms with Crippen LogP contribution in [0.3, 0.4) is 0 Å². The lowest BCUT2D eigenvalue weighted by molar-refractivity contribution is -0.168. The second-order valence-electron chi connectivity index (χ2n) is 3.90. The van der Waals surface area contributed by atoms with Gasteiger partial charge in [-0.25, -0.2) is 0 Å². The lowest BCUT2D eigenvalue weighted by Crippen LogP contribution is -2.39. The molecule has 1 atom stereocenters. The van der Waals surface area contributed by atoms with E-state index in [2.05, 4.69) is 0 Å². The Labute approximate surface area is 97.1 Å². The normalized spacial score (nSPS) is 15.3. The van der Waals surface area contributed by atoms with Crippen LogP contribution in [0.15, 0.2) is 30.3 Å². The van der Waals surface area contributed by atoms with Crippen molar-refractivity contribution in [3.63, 3.8) is 0 Å². The van der Waals surface area contributed by atoms with Crippen molar-refractivity contribution in [1.29, 1.82) is 0 Å². The molecule has 1 rings (SSSR count). The average molecular weight is 246 g/mol. The maximum atomic E-state index is 12.5. The number of carboxylic acid groups (broad SMARTS) is 1. The van der Waals surface area contributed by atoms with Crippen molar-refractivity contribution >= 4 is 5.97 Å². The van der Waals surface area contributed by atoms with Crippen LogP contribution in [0, 0.1) is 0 Å². The fourth-order valence-electron chi connectivity index (χ4n) is 1.88. The molecule has 1 aromatic carbocycles. The minimum absolute atomic E-state index is 0.105. The summed E-state index contributed by atoms with van der Waals surface area (Å²) in [6, 6.07) is 7.56. The largest absolute Gasteiger partial charge is 0.481 e. The highest BCUT2D eigenvalue weighted by Gasteiger charge is 2.47. The van der Waals surface area contributed by atoms with Crippen molar-refractivity contribution < 1.29 is 23.1 Å². The van der Waals surface area contributed by atoms with Gasteiger partial charge in [-0.05, 0) is 12.0 Å². The van der Waals surface area contributed by atoms with Crippen molar-refractivity contribution in [2.75, 3.05) is 0 Å². The van der Waals surface area contributed by atoms with Crippen LogP contribution in [0.2, 0.25) is 0 Å². The first kappa shape index (κ1) is 13.5. The van der Waals surface area contributed by atoms with Crippen LogP contribution in [0.1, 0.15) is 25.3 Å². The number of hydrogen-bond donors (Lipinski definition) is 1. The number of carbonyl (C=O) groups is 1. The molecular formula is C12H13F3O2. The van der Waals surface area contributed by atoms with Crippen LogP contribution in [0.4, 0.5) is 13.2 Å². The van der Waals surface area contributed by atoms with Crippen LogP contribution < -0.4 is 0 Å². The number of rotatable bonds is 4. The standard InChI is InChI=1S/C12H13F3O2/c1-2-11(10(16)17,8-12(13,14)15)9-6-4-3-5-7-9/h3-7H,2,8H2,1H3,(H,16,17). The maximum absolute atomic E-state index is 12.5. The van der Waals surface area contributed by atoms with Gasteiger partial charge < -0.3 is 5.11 Å². The number of halogens is 3. The number of carboxylic acids is 1. The summed E-state index contributed by atoms with van der Waals surface area (Å²) >= 11 is 0. The number of aliphatic carboxylic acids is 1. The molecule has 0 saturated carbocycles. The molecule has 0 aliphatic heterocycles. The molecule has 94 valence electrons. The number of benzene rings is 1. The summed E-state index contributed by atoms with van der Waals surface area (Å²) in [4.78, 5) is 11.2. The van der Waals surface area contributed by atoms with Gasteiger partial charge in [-0.2, -0.15) is 13.2 Å². The highest BCUT2D eigenvalue weighted by atomic mass is 19.4. The van der Waals surface area contributed by atoms with Crippen molar-refractivity contribution in [2.24, 2.45) is 0 Å². The zero-order valence-corrected chi connectivity index (χ0v) is 9.29. The summed E-state index contributed by atoms with van der Waals surface area (Å²) in [6.45, 7) is 1.45. The quantitative estimate of drug-likeness (QED) is 0.884. The van der Waals surface area contributed by atoms with Gasteiger partial charge in [0.2, 0.25) is 0 Å². The van der Waals surface area contributed by atoms with E-state index in [1.165, 1.54) is 19.1 Å². The molecular weight excluding hydrogens is 233 g/mol. The molecule has 2 nitrogen and oxygen atoms in total. The molecule has 1 aromatic rings. The van der Waals surface area contributed by atoms with Gasteiger partial charge in [0.15, 0.2) is 0 Å². The lowest BCUT2D eigenvalue weighted by atomic mass is 9.75. The van der Waals surface area contributed by atoms with E-state index in [9.17, 15) is 18.0 Å². The van der Waals surface area contributed by atoms with E-state index in [-0.39, 0.29) is 12.0 Å². The zero-order chi connectivity index (χ0) is 13.1. The van der Waals surface area contributed by atoms with Gasteiger partial charge in [0.25, 0.3) is 0 Å². The molecule has 0 bridgehead atoms. The minimum atomic E-state index is -4.51. The molecule has 1 N–H and O–H groups in total. The lowest BCUT2D eigenvalue weighted by Gasteiger charge is -2.29. The summed E-state index contributed by atoms with van der Waals surface area (Å²) < 4.78 is 37.6. The molecule has 0 spiro atoms. The Bertz CT molecular complexity index is 386. The first-order valence-corrected chi connectivity index (χ1v) is 5.17. The highest BCUT2D eigenvalue weighted by molar-refractivity contribution is 5.81. The second-order valence-corrected chi connectivity index (χ2v) is 3.90. The van der Waals surface area contributed by atoms with Gasteiger partial charge in [-0.3, -0.25) is 4.79 Å². The second kappa shape index (κ2) is 4.77. The predicted molar refractivity (Wildman–Crippen MR) is 56.7 cm³/mol. The molecule has 0 aromatic heterocycles. The first-order valence-electron chi connectivity index (χ1n) is 5.17. The van der Waals surface area contributed by atoms with E-state index >= 15 is 0 Å². The van der Waals surface area contributed by atoms with Crippen molar-refractivity contribution in [2.45, 2.75) is 31.4 Å². The molecule has 0 aliphatic rings. The molecule has 0 saturated heterocycles. The van der Waals surface area contributed by atoms with Gasteiger partial charge in [0.05, 0.1) is 6.42 Å². The zero-order valence-electron chi connectivity index (χ0n) is 9.29. The molecule has 1 unspecified atom stereocenters. The van der Waals surface area contributed by atoms with Crippen LogP contribution in [0.5, 0.6) is 0 Å². The fraction of sp³-hybridized carbons (Fsp3) is 0.417. The van der Waals surface area contributed by atoms with E-state index < -0.39 is 24.0 Å². The summed E-state index contributed by atoms with van der Waals surface area (Å²) in [5.41, 5.74) is -1.70. The Morgan fingerprint density at radius 3 is 2.12 bits per heavy atom. The third-order valence-corrected chi connectivity index (χ3v) is 2.84. The third-order valence-electron chi connectivity index (χ3n) is 2.84. The highest BCUT2D eigenvalue weighted by Crippen LogP contribution is 2.39. The van der Waals surface area contributed by atoms with Crippen molar-refractivity contribution in [1.82, 2.24) is 0 Å². The molecule has 0 radical (unpaired) electrons. The summed E-state index contributed by atoms with van der Waals surface area (Å²) in [5.74, 6) is -1.44. The van der Waals surface area contributed by atoms with Gasteiger partial charge in [-0.1, -0.05) is 37.3 Å². The molecule has 17 heavy (non-hydrogen) atoms. The molecule has 0 aliphatic carbocycles. The van der Waals surface area contributed by atoms with E-state index in [1.54, 1.807) is 18.2 Å². The summed E-state index contributed by atoms with van der Waals surface area (Å²) in [7, 11) is 0. The summed E-state index contributed by atoms with van der Waals surface area (Å²) in [6.07, 6.45) is -5.97. The fourth-order valence-corrected chi connectivity index (χ4v) is 1.88. The molecule has 0 heterocycles. The van der Waals surface area contributed by atoms with Crippen LogP contribution >= 0.6 is 0 Å². The van der Waals surface area contributed by atoms with Crippen LogP contribution in [0.25, 0.3) is 0 Å². The van der Waals surface area contributed by atoms with Gasteiger partial charge in [0, 0.05) is 0 Å². The first-order chi connectivity index (χ1) is 7.82. The van der Waals surface area contributed by atoms with Crippen LogP contribution in [-0.2, 0) is 10.2 Å². The Hall–Kier alpha value is -1.52. The number of hydrogen-bond acceptors (Lipinski definition) is 1. The SMILES string of the molecule is CCC(CC(F)(F)F)(C(=O)O)c1ccccc1. The van der Waals surface area contributed by atoms with Gasteiger partial charge >= 0.3 is 12.1 Å². The van der Waals surface area contributed by atoms with E-state index in [4.69, 9.17) is 5.11 Å². The van der Waals surface area contributed by atoms with Gasteiger partial charge in [-0.15, -0.1) is 0 Å². The van der Waals surface area contributed by atoms with E-state index in [0.29, 0.717) is 0 Å². The van der Waals surface area contributed by atoms with E-state index in [1.807, 2.05) is 0 Å². The Morgan fingerprint density at radius 2 is 1.76 bits per heavy atom. The topological polar surface area (TPSA) is 37.3 Å². The van der Waals surface area contributed by atoms with Crippen LogP contribution in [-0.4, -0.2) is 17.3 Å². The molecule has 0 amide bonds. The monoisotopic (exact) mass is 246 g/mol.